The summed E-state index contributed by atoms with van der Waals surface area (Å²) in [4.78, 5) is 23.0. The van der Waals surface area contributed by atoms with Crippen molar-refractivity contribution >= 4 is 34.0 Å². The van der Waals surface area contributed by atoms with Crippen molar-refractivity contribution < 1.29 is 4.79 Å². The van der Waals surface area contributed by atoms with Crippen molar-refractivity contribution in [1.82, 2.24) is 9.97 Å². The molecule has 0 bridgehead atoms. The SMILES string of the molecule is CCCCN1C(=O)C(C)(C)c2cc3[nH]c(Cc4ccsc4)nc3cc21. The van der Waals surface area contributed by atoms with E-state index >= 15 is 0 Å². The number of carbonyl (C=O) groups excluding carboxylic acids is 1. The summed E-state index contributed by atoms with van der Waals surface area (Å²) in [5, 5.41) is 4.24. The fraction of sp³-hybridized carbons (Fsp3) is 0.400. The fourth-order valence-corrected chi connectivity index (χ4v) is 4.26. The Kier molecular flexibility index (Phi) is 3.91. The largest absolute Gasteiger partial charge is 0.342 e. The maximum Gasteiger partial charge on any atom is 0.237 e. The zero-order chi connectivity index (χ0) is 17.6. The number of thiophene rings is 1. The average Bonchev–Trinajstić information content (AvgIpc) is 3.26. The molecule has 4 rings (SSSR count). The first kappa shape index (κ1) is 16.3. The minimum Gasteiger partial charge on any atom is -0.342 e. The molecule has 3 heterocycles. The van der Waals surface area contributed by atoms with E-state index in [1.54, 1.807) is 11.3 Å². The zero-order valence-corrected chi connectivity index (χ0v) is 15.7. The van der Waals surface area contributed by atoms with Crippen molar-refractivity contribution in [3.63, 3.8) is 0 Å². The van der Waals surface area contributed by atoms with Crippen LogP contribution >= 0.6 is 11.3 Å². The number of nitrogens with zero attached hydrogens (tertiary/aromatic N) is 2. The number of H-pyrrole nitrogens is 1. The van der Waals surface area contributed by atoms with Crippen LogP contribution in [-0.4, -0.2) is 22.4 Å². The van der Waals surface area contributed by atoms with Crippen LogP contribution in [-0.2, 0) is 16.6 Å². The molecule has 1 aliphatic heterocycles. The lowest BCUT2D eigenvalue weighted by atomic mass is 9.86. The first-order valence-electron chi connectivity index (χ1n) is 8.87. The molecule has 4 nitrogen and oxygen atoms in total. The lowest BCUT2D eigenvalue weighted by Gasteiger charge is -2.20. The van der Waals surface area contributed by atoms with Crippen LogP contribution in [0.2, 0.25) is 0 Å². The van der Waals surface area contributed by atoms with Crippen molar-refractivity contribution in [2.45, 2.75) is 45.4 Å². The molecule has 0 aliphatic carbocycles. The lowest BCUT2D eigenvalue weighted by molar-refractivity contribution is -0.122. The van der Waals surface area contributed by atoms with Gasteiger partial charge in [0.15, 0.2) is 0 Å². The fourth-order valence-electron chi connectivity index (χ4n) is 3.59. The van der Waals surface area contributed by atoms with E-state index in [-0.39, 0.29) is 5.91 Å². The minimum absolute atomic E-state index is 0.196. The molecule has 0 radical (unpaired) electrons. The molecule has 1 aromatic carbocycles. The maximum atomic E-state index is 12.9. The smallest absolute Gasteiger partial charge is 0.237 e. The van der Waals surface area contributed by atoms with Gasteiger partial charge < -0.3 is 9.88 Å². The molecule has 0 saturated carbocycles. The van der Waals surface area contributed by atoms with Gasteiger partial charge in [-0.25, -0.2) is 4.98 Å². The maximum absolute atomic E-state index is 12.9. The number of carbonyl (C=O) groups is 1. The van der Waals surface area contributed by atoms with Crippen molar-refractivity contribution in [2.24, 2.45) is 0 Å². The van der Waals surface area contributed by atoms with Crippen LogP contribution < -0.4 is 4.90 Å². The molecule has 1 N–H and O–H groups in total. The highest BCUT2D eigenvalue weighted by Crippen LogP contribution is 2.43. The van der Waals surface area contributed by atoms with E-state index in [9.17, 15) is 4.79 Å². The number of imidazole rings is 1. The Bertz CT molecular complexity index is 924. The van der Waals surface area contributed by atoms with Crippen LogP contribution in [0.5, 0.6) is 0 Å². The summed E-state index contributed by atoms with van der Waals surface area (Å²) in [5.74, 6) is 1.17. The summed E-state index contributed by atoms with van der Waals surface area (Å²) in [6.07, 6.45) is 2.91. The number of unbranched alkanes of at least 4 members (excludes halogenated alkanes) is 1. The van der Waals surface area contributed by atoms with Crippen molar-refractivity contribution in [2.75, 3.05) is 11.4 Å². The van der Waals surface area contributed by atoms with E-state index in [4.69, 9.17) is 4.98 Å². The number of nitrogens with one attached hydrogen (secondary N) is 1. The van der Waals surface area contributed by atoms with Gasteiger partial charge in [0.1, 0.15) is 5.82 Å². The molecule has 1 aliphatic rings. The topological polar surface area (TPSA) is 49.0 Å². The number of aromatic amines is 1. The second kappa shape index (κ2) is 5.99. The highest BCUT2D eigenvalue weighted by Gasteiger charge is 2.43. The Balaban J connectivity index is 1.76. The molecule has 5 heteroatoms. The number of anilines is 1. The van der Waals surface area contributed by atoms with Gasteiger partial charge >= 0.3 is 0 Å². The number of aromatic nitrogens is 2. The van der Waals surface area contributed by atoms with E-state index in [0.29, 0.717) is 0 Å². The molecule has 3 aromatic rings. The van der Waals surface area contributed by atoms with E-state index in [1.807, 2.05) is 18.7 Å². The standard InChI is InChI=1S/C20H23N3OS/c1-4-5-7-23-17-11-16-15(10-14(17)20(2,3)19(23)24)21-18(22-16)9-13-6-8-25-12-13/h6,8,10-12H,4-5,7,9H2,1-3H3,(H,21,22). The molecule has 0 saturated heterocycles. The summed E-state index contributed by atoms with van der Waals surface area (Å²) in [6.45, 7) is 6.98. The quantitative estimate of drug-likeness (QED) is 0.726. The Morgan fingerprint density at radius 3 is 2.88 bits per heavy atom. The third kappa shape index (κ3) is 2.67. The predicted octanol–water partition coefficient (Wildman–Crippen LogP) is 4.64. The molecule has 0 atom stereocenters. The summed E-state index contributed by atoms with van der Waals surface area (Å²) in [6, 6.07) is 6.34. The summed E-state index contributed by atoms with van der Waals surface area (Å²) < 4.78 is 0. The predicted molar refractivity (Wildman–Crippen MR) is 104 cm³/mol. The van der Waals surface area contributed by atoms with Crippen molar-refractivity contribution in [3.05, 3.63) is 45.9 Å². The van der Waals surface area contributed by atoms with Crippen LogP contribution in [0.4, 0.5) is 5.69 Å². The number of hydrogen-bond donors (Lipinski definition) is 1. The van der Waals surface area contributed by atoms with E-state index in [0.717, 1.165) is 53.9 Å². The van der Waals surface area contributed by atoms with E-state index < -0.39 is 5.41 Å². The molecule has 0 unspecified atom stereocenters. The van der Waals surface area contributed by atoms with Crippen LogP contribution in [0.1, 0.15) is 50.6 Å². The molecule has 0 spiro atoms. The van der Waals surface area contributed by atoms with Gasteiger partial charge in [-0.3, -0.25) is 4.79 Å². The molecular weight excluding hydrogens is 330 g/mol. The van der Waals surface area contributed by atoms with Gasteiger partial charge in [0.25, 0.3) is 0 Å². The molecule has 25 heavy (non-hydrogen) atoms. The summed E-state index contributed by atoms with van der Waals surface area (Å²) in [5.41, 5.74) is 4.89. The van der Waals surface area contributed by atoms with Crippen LogP contribution in [0.15, 0.2) is 29.0 Å². The number of fused-ring (bicyclic) bond motifs is 2. The lowest BCUT2D eigenvalue weighted by Crippen LogP contribution is -2.36. The number of amides is 1. The van der Waals surface area contributed by atoms with Crippen molar-refractivity contribution in [1.29, 1.82) is 0 Å². The van der Waals surface area contributed by atoms with Gasteiger partial charge in [0.05, 0.1) is 22.1 Å². The van der Waals surface area contributed by atoms with Crippen LogP contribution in [0.3, 0.4) is 0 Å². The highest BCUT2D eigenvalue weighted by molar-refractivity contribution is 7.07. The Hall–Kier alpha value is -2.14. The van der Waals surface area contributed by atoms with Gasteiger partial charge in [-0.15, -0.1) is 0 Å². The third-order valence-corrected chi connectivity index (χ3v) is 5.81. The van der Waals surface area contributed by atoms with Gasteiger partial charge in [0, 0.05) is 13.0 Å². The van der Waals surface area contributed by atoms with Gasteiger partial charge in [-0.05, 0) is 60.4 Å². The average molecular weight is 353 g/mol. The third-order valence-electron chi connectivity index (χ3n) is 5.08. The van der Waals surface area contributed by atoms with Crippen molar-refractivity contribution in [3.8, 4) is 0 Å². The summed E-state index contributed by atoms with van der Waals surface area (Å²) >= 11 is 1.71. The zero-order valence-electron chi connectivity index (χ0n) is 14.9. The van der Waals surface area contributed by atoms with Gasteiger partial charge in [-0.1, -0.05) is 13.3 Å². The van der Waals surface area contributed by atoms with Gasteiger partial charge in [-0.2, -0.15) is 11.3 Å². The Morgan fingerprint density at radius 1 is 1.32 bits per heavy atom. The molecule has 1 amide bonds. The number of hydrogen-bond acceptors (Lipinski definition) is 3. The van der Waals surface area contributed by atoms with E-state index in [1.165, 1.54) is 5.56 Å². The van der Waals surface area contributed by atoms with Crippen LogP contribution in [0, 0.1) is 0 Å². The highest BCUT2D eigenvalue weighted by atomic mass is 32.1. The van der Waals surface area contributed by atoms with E-state index in [2.05, 4.69) is 40.9 Å². The number of benzene rings is 1. The molecular formula is C20H23N3OS. The molecule has 0 fully saturated rings. The first-order chi connectivity index (χ1) is 12.0. The Morgan fingerprint density at radius 2 is 2.16 bits per heavy atom. The monoisotopic (exact) mass is 353 g/mol. The van der Waals surface area contributed by atoms with Crippen LogP contribution in [0.25, 0.3) is 11.0 Å². The second-order valence-electron chi connectivity index (χ2n) is 7.31. The molecule has 2 aromatic heterocycles. The normalized spacial score (nSPS) is 16.0. The Labute approximate surface area is 151 Å². The minimum atomic E-state index is -0.476. The number of rotatable bonds is 5. The van der Waals surface area contributed by atoms with Gasteiger partial charge in [0.2, 0.25) is 5.91 Å². The second-order valence-corrected chi connectivity index (χ2v) is 8.09. The first-order valence-corrected chi connectivity index (χ1v) is 9.81. The molecule has 130 valence electrons. The summed E-state index contributed by atoms with van der Waals surface area (Å²) in [7, 11) is 0.